The lowest BCUT2D eigenvalue weighted by Crippen LogP contribution is -2.10. The SMILES string of the molecule is Cc1cc(Nc2ccc(F)c(F)c2F)nc(NCCc2cccc(Cl)c2)n1. The van der Waals surface area contributed by atoms with Crippen molar-refractivity contribution in [3.63, 3.8) is 0 Å². The van der Waals surface area contributed by atoms with Crippen molar-refractivity contribution in [2.45, 2.75) is 13.3 Å². The van der Waals surface area contributed by atoms with Gasteiger partial charge in [-0.1, -0.05) is 23.7 Å². The van der Waals surface area contributed by atoms with Crippen LogP contribution in [0.25, 0.3) is 0 Å². The Balaban J connectivity index is 1.70. The number of hydrogen-bond donors (Lipinski definition) is 2. The van der Waals surface area contributed by atoms with E-state index in [9.17, 15) is 13.2 Å². The molecule has 0 saturated carbocycles. The molecule has 1 aromatic heterocycles. The molecule has 0 aliphatic rings. The first-order chi connectivity index (χ1) is 12.9. The zero-order chi connectivity index (χ0) is 19.4. The number of nitrogens with zero attached hydrogens (tertiary/aromatic N) is 2. The Kier molecular flexibility index (Phi) is 5.81. The fourth-order valence-electron chi connectivity index (χ4n) is 2.48. The molecule has 0 aliphatic heterocycles. The molecule has 0 aliphatic carbocycles. The Labute approximate surface area is 159 Å². The van der Waals surface area contributed by atoms with Gasteiger partial charge in [-0.15, -0.1) is 0 Å². The standard InChI is InChI=1S/C19H16ClF3N4/c1-11-9-16(26-15-6-5-14(21)17(22)18(15)23)27-19(25-11)24-8-7-12-3-2-4-13(20)10-12/h2-6,9-10H,7-8H2,1H3,(H2,24,25,26,27). The van der Waals surface area contributed by atoms with Gasteiger partial charge in [0.1, 0.15) is 5.82 Å². The number of nitrogens with one attached hydrogen (secondary N) is 2. The first-order valence-electron chi connectivity index (χ1n) is 8.17. The molecule has 8 heteroatoms. The van der Waals surface area contributed by atoms with Crippen molar-refractivity contribution in [3.05, 3.63) is 76.2 Å². The van der Waals surface area contributed by atoms with E-state index < -0.39 is 17.5 Å². The van der Waals surface area contributed by atoms with E-state index in [1.807, 2.05) is 18.2 Å². The van der Waals surface area contributed by atoms with Gasteiger partial charge in [0.2, 0.25) is 5.95 Å². The second kappa shape index (κ2) is 8.26. The second-order valence-electron chi connectivity index (χ2n) is 5.87. The zero-order valence-electron chi connectivity index (χ0n) is 14.4. The summed E-state index contributed by atoms with van der Waals surface area (Å²) in [6.45, 7) is 2.30. The van der Waals surface area contributed by atoms with E-state index in [0.717, 1.165) is 17.7 Å². The smallest absolute Gasteiger partial charge is 0.224 e. The number of hydrogen-bond acceptors (Lipinski definition) is 4. The minimum atomic E-state index is -1.54. The average molecular weight is 393 g/mol. The lowest BCUT2D eigenvalue weighted by Gasteiger charge is -2.11. The van der Waals surface area contributed by atoms with E-state index in [0.29, 0.717) is 29.6 Å². The molecule has 0 amide bonds. The van der Waals surface area contributed by atoms with Gasteiger partial charge in [-0.05, 0) is 43.2 Å². The van der Waals surface area contributed by atoms with Crippen LogP contribution in [0.3, 0.4) is 0 Å². The summed E-state index contributed by atoms with van der Waals surface area (Å²) in [5.41, 5.74) is 1.47. The molecular weight excluding hydrogens is 377 g/mol. The average Bonchev–Trinajstić information content (AvgIpc) is 2.62. The number of aryl methyl sites for hydroxylation is 1. The molecule has 0 atom stereocenters. The molecule has 0 saturated heterocycles. The molecule has 0 bridgehead atoms. The largest absolute Gasteiger partial charge is 0.354 e. The predicted molar refractivity (Wildman–Crippen MR) is 100 cm³/mol. The lowest BCUT2D eigenvalue weighted by molar-refractivity contribution is 0.449. The van der Waals surface area contributed by atoms with E-state index in [2.05, 4.69) is 20.6 Å². The Morgan fingerprint density at radius 3 is 2.59 bits per heavy atom. The Morgan fingerprint density at radius 2 is 1.81 bits per heavy atom. The number of anilines is 3. The number of benzene rings is 2. The molecule has 27 heavy (non-hydrogen) atoms. The summed E-state index contributed by atoms with van der Waals surface area (Å²) in [6.07, 6.45) is 0.707. The van der Waals surface area contributed by atoms with Gasteiger partial charge in [0.15, 0.2) is 17.5 Å². The van der Waals surface area contributed by atoms with Crippen molar-refractivity contribution in [2.24, 2.45) is 0 Å². The van der Waals surface area contributed by atoms with Gasteiger partial charge in [0.05, 0.1) is 5.69 Å². The minimum Gasteiger partial charge on any atom is -0.354 e. The van der Waals surface area contributed by atoms with Crippen LogP contribution in [-0.2, 0) is 6.42 Å². The monoisotopic (exact) mass is 392 g/mol. The number of rotatable bonds is 6. The van der Waals surface area contributed by atoms with E-state index in [1.165, 1.54) is 0 Å². The van der Waals surface area contributed by atoms with Crippen molar-refractivity contribution in [3.8, 4) is 0 Å². The predicted octanol–water partition coefficient (Wildman–Crippen LogP) is 5.25. The van der Waals surface area contributed by atoms with Gasteiger partial charge in [0.25, 0.3) is 0 Å². The summed E-state index contributed by atoms with van der Waals surface area (Å²) >= 11 is 5.96. The molecule has 2 N–H and O–H groups in total. The molecule has 0 radical (unpaired) electrons. The highest BCUT2D eigenvalue weighted by atomic mass is 35.5. The van der Waals surface area contributed by atoms with Crippen molar-refractivity contribution in [1.29, 1.82) is 0 Å². The first-order valence-corrected chi connectivity index (χ1v) is 8.54. The van der Waals surface area contributed by atoms with Gasteiger partial charge >= 0.3 is 0 Å². The maximum atomic E-state index is 13.8. The van der Waals surface area contributed by atoms with Crippen LogP contribution < -0.4 is 10.6 Å². The lowest BCUT2D eigenvalue weighted by atomic mass is 10.1. The fourth-order valence-corrected chi connectivity index (χ4v) is 2.70. The minimum absolute atomic E-state index is 0.211. The van der Waals surface area contributed by atoms with Crippen LogP contribution >= 0.6 is 11.6 Å². The first kappa shape index (κ1) is 19.0. The molecule has 1 heterocycles. The summed E-state index contributed by atoms with van der Waals surface area (Å²) < 4.78 is 40.2. The molecular formula is C19H16ClF3N4. The van der Waals surface area contributed by atoms with Crippen LogP contribution in [0.15, 0.2) is 42.5 Å². The summed E-state index contributed by atoms with van der Waals surface area (Å²) in [6, 6.07) is 11.0. The summed E-state index contributed by atoms with van der Waals surface area (Å²) in [7, 11) is 0. The third kappa shape index (κ3) is 4.89. The Bertz CT molecular complexity index is 966. The second-order valence-corrected chi connectivity index (χ2v) is 6.31. The Morgan fingerprint density at radius 1 is 1.00 bits per heavy atom. The molecule has 140 valence electrons. The van der Waals surface area contributed by atoms with Crippen molar-refractivity contribution >= 4 is 29.1 Å². The normalized spacial score (nSPS) is 10.7. The van der Waals surface area contributed by atoms with Crippen LogP contribution in [0, 0.1) is 24.4 Å². The van der Waals surface area contributed by atoms with Crippen LogP contribution in [0.1, 0.15) is 11.3 Å². The van der Waals surface area contributed by atoms with Gasteiger partial charge in [0, 0.05) is 23.3 Å². The van der Waals surface area contributed by atoms with E-state index >= 15 is 0 Å². The van der Waals surface area contributed by atoms with Crippen LogP contribution in [0.4, 0.5) is 30.6 Å². The highest BCUT2D eigenvalue weighted by Crippen LogP contribution is 2.23. The van der Waals surface area contributed by atoms with Gasteiger partial charge in [-0.2, -0.15) is 4.98 Å². The molecule has 0 fully saturated rings. The molecule has 3 aromatic rings. The highest BCUT2D eigenvalue weighted by molar-refractivity contribution is 6.30. The van der Waals surface area contributed by atoms with E-state index in [4.69, 9.17) is 11.6 Å². The van der Waals surface area contributed by atoms with Gasteiger partial charge < -0.3 is 10.6 Å². The van der Waals surface area contributed by atoms with Crippen molar-refractivity contribution < 1.29 is 13.2 Å². The molecule has 0 spiro atoms. The molecule has 0 unspecified atom stereocenters. The van der Waals surface area contributed by atoms with Crippen molar-refractivity contribution in [1.82, 2.24) is 9.97 Å². The zero-order valence-corrected chi connectivity index (χ0v) is 15.1. The fraction of sp³-hybridized carbons (Fsp3) is 0.158. The third-order valence-electron chi connectivity index (χ3n) is 3.74. The summed E-state index contributed by atoms with van der Waals surface area (Å²) in [5, 5.41) is 6.39. The van der Waals surface area contributed by atoms with E-state index in [-0.39, 0.29) is 11.5 Å². The molecule has 4 nitrogen and oxygen atoms in total. The highest BCUT2D eigenvalue weighted by Gasteiger charge is 2.14. The summed E-state index contributed by atoms with van der Waals surface area (Å²) in [4.78, 5) is 8.49. The maximum Gasteiger partial charge on any atom is 0.224 e. The quantitative estimate of drug-likeness (QED) is 0.562. The topological polar surface area (TPSA) is 49.8 Å². The molecule has 2 aromatic carbocycles. The summed E-state index contributed by atoms with van der Waals surface area (Å²) in [5.74, 6) is -3.49. The number of aromatic nitrogens is 2. The van der Waals surface area contributed by atoms with Gasteiger partial charge in [-0.25, -0.2) is 18.2 Å². The van der Waals surface area contributed by atoms with Crippen LogP contribution in [-0.4, -0.2) is 16.5 Å². The Hall–Kier alpha value is -2.80. The maximum absolute atomic E-state index is 13.8. The molecule has 3 rings (SSSR count). The van der Waals surface area contributed by atoms with Crippen molar-refractivity contribution in [2.75, 3.05) is 17.2 Å². The third-order valence-corrected chi connectivity index (χ3v) is 3.97. The van der Waals surface area contributed by atoms with Crippen LogP contribution in [0.2, 0.25) is 5.02 Å². The number of halogens is 4. The van der Waals surface area contributed by atoms with E-state index in [1.54, 1.807) is 19.1 Å². The van der Waals surface area contributed by atoms with Gasteiger partial charge in [-0.3, -0.25) is 0 Å². The van der Waals surface area contributed by atoms with Crippen LogP contribution in [0.5, 0.6) is 0 Å².